The van der Waals surface area contributed by atoms with Crippen molar-refractivity contribution in [3.05, 3.63) is 0 Å². The van der Waals surface area contributed by atoms with Crippen molar-refractivity contribution in [1.82, 2.24) is 0 Å². The fourth-order valence-electron chi connectivity index (χ4n) is 3.20. The third kappa shape index (κ3) is 3.16. The summed E-state index contributed by atoms with van der Waals surface area (Å²) in [7, 11) is 0. The lowest BCUT2D eigenvalue weighted by Crippen LogP contribution is -2.34. The predicted molar refractivity (Wildman–Crippen MR) is 72.1 cm³/mol. The molecule has 2 heteroatoms. The van der Waals surface area contributed by atoms with Gasteiger partial charge in [-0.25, -0.2) is 0 Å². The highest BCUT2D eigenvalue weighted by molar-refractivity contribution is 7.80. The second-order valence-corrected chi connectivity index (χ2v) is 7.32. The maximum atomic E-state index is 6.16. The second kappa shape index (κ2) is 4.53. The van der Waals surface area contributed by atoms with Gasteiger partial charge in [-0.15, -0.1) is 0 Å². The van der Waals surface area contributed by atoms with E-state index in [4.69, 9.17) is 4.74 Å². The molecule has 2 saturated carbocycles. The monoisotopic (exact) mass is 242 g/mol. The van der Waals surface area contributed by atoms with E-state index in [0.717, 1.165) is 18.3 Å². The summed E-state index contributed by atoms with van der Waals surface area (Å²) in [6.45, 7) is 8.07. The first-order valence-corrected chi connectivity index (χ1v) is 7.30. The Hall–Kier alpha value is 0.310. The van der Waals surface area contributed by atoms with Crippen LogP contribution in [0.15, 0.2) is 0 Å². The molecule has 2 aliphatic rings. The van der Waals surface area contributed by atoms with Crippen LogP contribution in [0.5, 0.6) is 0 Å². The Bertz CT molecular complexity index is 245. The van der Waals surface area contributed by atoms with Gasteiger partial charge in [0.25, 0.3) is 0 Å². The molecule has 2 fully saturated rings. The highest BCUT2D eigenvalue weighted by Gasteiger charge is 2.43. The fraction of sp³-hybridized carbons (Fsp3) is 1.00. The highest BCUT2D eigenvalue weighted by atomic mass is 32.1. The van der Waals surface area contributed by atoms with E-state index in [1.165, 1.54) is 32.1 Å². The molecule has 2 rings (SSSR count). The molecule has 0 radical (unpaired) electrons. The number of rotatable bonds is 4. The molecule has 0 bridgehead atoms. The van der Waals surface area contributed by atoms with Crippen LogP contribution in [0.2, 0.25) is 0 Å². The Balaban J connectivity index is 1.81. The van der Waals surface area contributed by atoms with Crippen LogP contribution in [0.4, 0.5) is 0 Å². The minimum atomic E-state index is 0.452. The van der Waals surface area contributed by atoms with Gasteiger partial charge < -0.3 is 4.74 Å². The zero-order valence-corrected chi connectivity index (χ0v) is 11.9. The van der Waals surface area contributed by atoms with Crippen molar-refractivity contribution in [1.29, 1.82) is 0 Å². The van der Waals surface area contributed by atoms with Gasteiger partial charge in [0.1, 0.15) is 0 Å². The molecule has 16 heavy (non-hydrogen) atoms. The van der Waals surface area contributed by atoms with Gasteiger partial charge in [-0.2, -0.15) is 12.6 Å². The highest BCUT2D eigenvalue weighted by Crippen LogP contribution is 2.48. The van der Waals surface area contributed by atoms with E-state index in [0.29, 0.717) is 16.9 Å². The van der Waals surface area contributed by atoms with Gasteiger partial charge in [0.05, 0.1) is 12.7 Å². The van der Waals surface area contributed by atoms with Crippen molar-refractivity contribution >= 4 is 12.6 Å². The predicted octanol–water partition coefficient (Wildman–Crippen LogP) is 3.93. The average Bonchev–Trinajstić information content (AvgIpc) is 2.92. The molecule has 0 aromatic carbocycles. The van der Waals surface area contributed by atoms with Gasteiger partial charge in [0, 0.05) is 5.41 Å². The molecule has 2 atom stereocenters. The van der Waals surface area contributed by atoms with Crippen LogP contribution < -0.4 is 0 Å². The topological polar surface area (TPSA) is 9.23 Å². The van der Waals surface area contributed by atoms with Gasteiger partial charge in [-0.1, -0.05) is 20.8 Å². The van der Waals surface area contributed by atoms with Crippen molar-refractivity contribution in [2.45, 2.75) is 59.0 Å². The van der Waals surface area contributed by atoms with E-state index in [9.17, 15) is 0 Å². The molecule has 94 valence electrons. The fourth-order valence-corrected chi connectivity index (χ4v) is 3.61. The zero-order chi connectivity index (χ0) is 11.8. The number of ether oxygens (including phenoxy) is 1. The van der Waals surface area contributed by atoms with Gasteiger partial charge in [0.15, 0.2) is 0 Å². The normalized spacial score (nSPS) is 36.0. The molecule has 1 nitrogen and oxygen atoms in total. The molecular weight excluding hydrogens is 216 g/mol. The van der Waals surface area contributed by atoms with Crippen LogP contribution in [-0.2, 0) is 4.74 Å². The maximum absolute atomic E-state index is 6.16. The van der Waals surface area contributed by atoms with Crippen molar-refractivity contribution in [3.8, 4) is 0 Å². The molecule has 0 saturated heterocycles. The molecule has 0 spiro atoms. The first-order chi connectivity index (χ1) is 7.45. The van der Waals surface area contributed by atoms with Crippen LogP contribution >= 0.6 is 12.6 Å². The quantitative estimate of drug-likeness (QED) is 0.735. The molecule has 0 N–H and O–H groups in total. The third-order valence-electron chi connectivity index (χ3n) is 4.26. The molecule has 0 heterocycles. The molecule has 2 unspecified atom stereocenters. The Morgan fingerprint density at radius 1 is 1.25 bits per heavy atom. The number of thiol groups is 1. The van der Waals surface area contributed by atoms with Gasteiger partial charge in [-0.05, 0) is 49.2 Å². The van der Waals surface area contributed by atoms with Crippen molar-refractivity contribution in [3.63, 3.8) is 0 Å². The summed E-state index contributed by atoms with van der Waals surface area (Å²) in [6, 6.07) is 0. The molecule has 0 aromatic rings. The average molecular weight is 242 g/mol. The number of hydrogen-bond acceptors (Lipinski definition) is 2. The lowest BCUT2D eigenvalue weighted by molar-refractivity contribution is -0.0374. The minimum Gasteiger partial charge on any atom is -0.378 e. The zero-order valence-electron chi connectivity index (χ0n) is 11.0. The summed E-state index contributed by atoms with van der Waals surface area (Å²) in [6.07, 6.45) is 6.98. The lowest BCUT2D eigenvalue weighted by Gasteiger charge is -2.39. The molecular formula is C14H26OS. The van der Waals surface area contributed by atoms with Crippen LogP contribution in [0.25, 0.3) is 0 Å². The second-order valence-electron chi connectivity index (χ2n) is 7.00. The lowest BCUT2D eigenvalue weighted by atomic mass is 9.71. The van der Waals surface area contributed by atoms with Crippen LogP contribution in [0, 0.1) is 16.7 Å². The van der Waals surface area contributed by atoms with Gasteiger partial charge in [0.2, 0.25) is 0 Å². The van der Waals surface area contributed by atoms with Crippen LogP contribution in [0.3, 0.4) is 0 Å². The van der Waals surface area contributed by atoms with Crippen molar-refractivity contribution in [2.24, 2.45) is 16.7 Å². The van der Waals surface area contributed by atoms with Crippen LogP contribution in [-0.4, -0.2) is 18.5 Å². The van der Waals surface area contributed by atoms with E-state index in [-0.39, 0.29) is 0 Å². The van der Waals surface area contributed by atoms with E-state index >= 15 is 0 Å². The van der Waals surface area contributed by atoms with E-state index in [1.807, 2.05) is 0 Å². The van der Waals surface area contributed by atoms with E-state index < -0.39 is 0 Å². The summed E-state index contributed by atoms with van der Waals surface area (Å²) in [5, 5.41) is 0. The maximum Gasteiger partial charge on any atom is 0.0583 e. The Kier molecular flexibility index (Phi) is 3.61. The standard InChI is InChI=1S/C14H26OS/c1-11-6-12(8-13(2,3)7-11)15-9-14(10-16)4-5-14/h11-12,16H,4-10H2,1-3H3. The van der Waals surface area contributed by atoms with Gasteiger partial charge >= 0.3 is 0 Å². The van der Waals surface area contributed by atoms with E-state index in [2.05, 4.69) is 33.4 Å². The smallest absolute Gasteiger partial charge is 0.0583 e. The Morgan fingerprint density at radius 3 is 2.44 bits per heavy atom. The molecule has 0 aromatic heterocycles. The first-order valence-electron chi connectivity index (χ1n) is 6.67. The summed E-state index contributed by atoms with van der Waals surface area (Å²) < 4.78 is 6.16. The van der Waals surface area contributed by atoms with E-state index in [1.54, 1.807) is 0 Å². The molecule has 0 aliphatic heterocycles. The largest absolute Gasteiger partial charge is 0.378 e. The summed E-state index contributed by atoms with van der Waals surface area (Å²) in [4.78, 5) is 0. The van der Waals surface area contributed by atoms with Crippen LogP contribution in [0.1, 0.15) is 52.9 Å². The van der Waals surface area contributed by atoms with Gasteiger partial charge in [-0.3, -0.25) is 0 Å². The Morgan fingerprint density at radius 2 is 1.94 bits per heavy atom. The summed E-state index contributed by atoms with van der Waals surface area (Å²) >= 11 is 4.43. The van der Waals surface area contributed by atoms with Crippen molar-refractivity contribution < 1.29 is 4.74 Å². The third-order valence-corrected chi connectivity index (χ3v) is 4.94. The SMILES string of the molecule is CC1CC(OCC2(CS)CC2)CC(C)(C)C1. The summed E-state index contributed by atoms with van der Waals surface area (Å²) in [5.41, 5.74) is 0.925. The molecule has 0 amide bonds. The molecule has 2 aliphatic carbocycles. The Labute approximate surface area is 106 Å². The minimum absolute atomic E-state index is 0.452. The first kappa shape index (κ1) is 12.8. The van der Waals surface area contributed by atoms with Crippen molar-refractivity contribution in [2.75, 3.05) is 12.4 Å². The summed E-state index contributed by atoms with van der Waals surface area (Å²) in [5.74, 6) is 1.82. The number of hydrogen-bond donors (Lipinski definition) is 1.